The molecule has 1 saturated carbocycles. The van der Waals surface area contributed by atoms with Crippen molar-refractivity contribution >= 4 is 0 Å². The van der Waals surface area contributed by atoms with Crippen LogP contribution >= 0.6 is 0 Å². The lowest BCUT2D eigenvalue weighted by molar-refractivity contribution is 0.308. The molecule has 2 aromatic rings. The van der Waals surface area contributed by atoms with Gasteiger partial charge in [-0.05, 0) is 65.8 Å². The molecule has 2 aliphatic carbocycles. The Hall–Kier alpha value is -1.77. The van der Waals surface area contributed by atoms with E-state index in [1.807, 2.05) is 6.07 Å². The van der Waals surface area contributed by atoms with Gasteiger partial charge >= 0.3 is 0 Å². The van der Waals surface area contributed by atoms with Gasteiger partial charge in [0.1, 0.15) is 0 Å². The molecule has 0 nitrogen and oxygen atoms in total. The molecule has 0 saturated heterocycles. The molecule has 0 aliphatic heterocycles. The molecule has 0 bridgehead atoms. The third-order valence-corrected chi connectivity index (χ3v) is 6.07. The molecule has 25 heavy (non-hydrogen) atoms. The summed E-state index contributed by atoms with van der Waals surface area (Å²) in [6.07, 6.45) is 7.89. The second-order valence-corrected chi connectivity index (χ2v) is 7.61. The van der Waals surface area contributed by atoms with Gasteiger partial charge in [-0.15, -0.1) is 0 Å². The molecule has 0 aromatic heterocycles. The van der Waals surface area contributed by atoms with Gasteiger partial charge in [0.15, 0.2) is 17.5 Å². The molecular formula is C22H23F3. The van der Waals surface area contributed by atoms with Crippen molar-refractivity contribution in [3.63, 3.8) is 0 Å². The maximum atomic E-state index is 14.1. The number of benzene rings is 2. The van der Waals surface area contributed by atoms with Crippen LogP contribution in [-0.2, 0) is 6.42 Å². The molecular weight excluding hydrogens is 321 g/mol. The van der Waals surface area contributed by atoms with Gasteiger partial charge < -0.3 is 0 Å². The van der Waals surface area contributed by atoms with E-state index < -0.39 is 17.5 Å². The minimum atomic E-state index is -1.36. The fourth-order valence-corrected chi connectivity index (χ4v) is 4.71. The summed E-state index contributed by atoms with van der Waals surface area (Å²) in [6.45, 7) is 2.25. The molecule has 3 heteroatoms. The first-order valence-corrected chi connectivity index (χ1v) is 9.38. The smallest absolute Gasteiger partial charge is 0.194 e. The number of hydrogen-bond donors (Lipinski definition) is 0. The van der Waals surface area contributed by atoms with E-state index in [9.17, 15) is 13.2 Å². The van der Waals surface area contributed by atoms with Crippen molar-refractivity contribution in [1.82, 2.24) is 0 Å². The summed E-state index contributed by atoms with van der Waals surface area (Å²) in [5.74, 6) is -2.09. The second-order valence-electron chi connectivity index (χ2n) is 7.61. The quantitative estimate of drug-likeness (QED) is 0.461. The van der Waals surface area contributed by atoms with E-state index in [0.29, 0.717) is 17.9 Å². The third-order valence-electron chi connectivity index (χ3n) is 6.07. The monoisotopic (exact) mass is 344 g/mol. The Morgan fingerprint density at radius 2 is 1.68 bits per heavy atom. The van der Waals surface area contributed by atoms with Gasteiger partial charge in [0.05, 0.1) is 0 Å². The van der Waals surface area contributed by atoms with Gasteiger partial charge in [-0.2, -0.15) is 0 Å². The average Bonchev–Trinajstić information content (AvgIpc) is 2.98. The molecule has 1 fully saturated rings. The summed E-state index contributed by atoms with van der Waals surface area (Å²) >= 11 is 0. The highest BCUT2D eigenvalue weighted by molar-refractivity contribution is 5.77. The van der Waals surface area contributed by atoms with E-state index in [1.54, 1.807) is 0 Å². The first-order valence-electron chi connectivity index (χ1n) is 9.38. The van der Waals surface area contributed by atoms with Gasteiger partial charge in [0.25, 0.3) is 0 Å². The average molecular weight is 344 g/mol. The Morgan fingerprint density at radius 3 is 2.40 bits per heavy atom. The van der Waals surface area contributed by atoms with Gasteiger partial charge in [0, 0.05) is 12.0 Å². The molecule has 2 aromatic carbocycles. The lowest BCUT2D eigenvalue weighted by Gasteiger charge is -2.29. The molecule has 0 unspecified atom stereocenters. The fourth-order valence-electron chi connectivity index (χ4n) is 4.71. The predicted molar refractivity (Wildman–Crippen MR) is 94.2 cm³/mol. The van der Waals surface area contributed by atoms with Crippen LogP contribution in [0.15, 0.2) is 24.3 Å². The zero-order chi connectivity index (χ0) is 17.6. The van der Waals surface area contributed by atoms with Gasteiger partial charge in [-0.1, -0.05) is 38.0 Å². The highest BCUT2D eigenvalue weighted by Crippen LogP contribution is 2.43. The zero-order valence-corrected chi connectivity index (χ0v) is 14.5. The normalized spacial score (nSPS) is 21.9. The number of halogens is 3. The molecule has 132 valence electrons. The summed E-state index contributed by atoms with van der Waals surface area (Å²) in [5.41, 5.74) is 3.92. The van der Waals surface area contributed by atoms with E-state index in [0.717, 1.165) is 23.1 Å². The standard InChI is InChI=1S/C22H23F3/c1-2-3-13-4-6-14(7-5-13)15-8-9-17-16(10-15)11-19-18(17)12-20(23)22(25)21(19)24/h8-10,12-14H,2-7,11H2,1H3/t13-,14-. The van der Waals surface area contributed by atoms with Crippen molar-refractivity contribution in [2.45, 2.75) is 57.8 Å². The summed E-state index contributed by atoms with van der Waals surface area (Å²) in [4.78, 5) is 0. The van der Waals surface area contributed by atoms with Crippen LogP contribution in [0.5, 0.6) is 0 Å². The molecule has 0 N–H and O–H groups in total. The van der Waals surface area contributed by atoms with Crippen LogP contribution in [0.4, 0.5) is 13.2 Å². The summed E-state index contributed by atoms with van der Waals surface area (Å²) in [5, 5.41) is 0. The van der Waals surface area contributed by atoms with Crippen molar-refractivity contribution in [3.8, 4) is 11.1 Å². The maximum absolute atomic E-state index is 14.1. The van der Waals surface area contributed by atoms with Crippen LogP contribution in [0.3, 0.4) is 0 Å². The second kappa shape index (κ2) is 6.51. The molecule has 2 aliphatic rings. The Balaban J connectivity index is 1.59. The van der Waals surface area contributed by atoms with Crippen molar-refractivity contribution in [1.29, 1.82) is 0 Å². The first kappa shape index (κ1) is 16.7. The first-order chi connectivity index (χ1) is 12.1. The van der Waals surface area contributed by atoms with Crippen molar-refractivity contribution in [3.05, 3.63) is 58.4 Å². The van der Waals surface area contributed by atoms with Gasteiger partial charge in [-0.25, -0.2) is 13.2 Å². The SMILES string of the molecule is CCC[C@H]1CC[C@H](c2ccc3c(c2)Cc2c-3cc(F)c(F)c2F)CC1. The van der Waals surface area contributed by atoms with Crippen LogP contribution in [0.2, 0.25) is 0 Å². The molecule has 0 heterocycles. The molecule has 0 atom stereocenters. The van der Waals surface area contributed by atoms with Crippen molar-refractivity contribution < 1.29 is 13.2 Å². The van der Waals surface area contributed by atoms with Crippen molar-refractivity contribution in [2.75, 3.05) is 0 Å². The van der Waals surface area contributed by atoms with Crippen LogP contribution in [0, 0.1) is 23.4 Å². The lowest BCUT2D eigenvalue weighted by atomic mass is 9.77. The largest absolute Gasteiger partial charge is 0.204 e. The molecule has 0 amide bonds. The lowest BCUT2D eigenvalue weighted by Crippen LogP contribution is -2.13. The molecule has 0 radical (unpaired) electrons. The summed E-state index contributed by atoms with van der Waals surface area (Å²) < 4.78 is 41.2. The number of fused-ring (bicyclic) bond motifs is 3. The molecule has 4 rings (SSSR count). The fraction of sp³-hybridized carbons (Fsp3) is 0.455. The highest BCUT2D eigenvalue weighted by atomic mass is 19.2. The van der Waals surface area contributed by atoms with Crippen LogP contribution in [0.1, 0.15) is 68.1 Å². The van der Waals surface area contributed by atoms with Crippen LogP contribution in [0.25, 0.3) is 11.1 Å². The van der Waals surface area contributed by atoms with E-state index in [2.05, 4.69) is 19.1 Å². The topological polar surface area (TPSA) is 0 Å². The van der Waals surface area contributed by atoms with E-state index >= 15 is 0 Å². The van der Waals surface area contributed by atoms with Crippen LogP contribution in [-0.4, -0.2) is 0 Å². The number of hydrogen-bond acceptors (Lipinski definition) is 0. The predicted octanol–water partition coefficient (Wildman–Crippen LogP) is 6.75. The minimum Gasteiger partial charge on any atom is -0.204 e. The van der Waals surface area contributed by atoms with E-state index in [-0.39, 0.29) is 5.56 Å². The van der Waals surface area contributed by atoms with Gasteiger partial charge in [0.2, 0.25) is 0 Å². The number of rotatable bonds is 3. The summed E-state index contributed by atoms with van der Waals surface area (Å²) in [6, 6.07) is 7.33. The van der Waals surface area contributed by atoms with E-state index in [4.69, 9.17) is 0 Å². The Labute approximate surface area is 147 Å². The van der Waals surface area contributed by atoms with Crippen LogP contribution < -0.4 is 0 Å². The Kier molecular flexibility index (Phi) is 4.35. The summed E-state index contributed by atoms with van der Waals surface area (Å²) in [7, 11) is 0. The van der Waals surface area contributed by atoms with Gasteiger partial charge in [-0.3, -0.25) is 0 Å². The maximum Gasteiger partial charge on any atom is 0.194 e. The Morgan fingerprint density at radius 1 is 0.920 bits per heavy atom. The molecule has 0 spiro atoms. The highest BCUT2D eigenvalue weighted by Gasteiger charge is 2.28. The van der Waals surface area contributed by atoms with Crippen molar-refractivity contribution in [2.24, 2.45) is 5.92 Å². The van der Waals surface area contributed by atoms with E-state index in [1.165, 1.54) is 44.1 Å². The zero-order valence-electron chi connectivity index (χ0n) is 14.5. The third kappa shape index (κ3) is 2.88. The minimum absolute atomic E-state index is 0.290. The Bertz CT molecular complexity index is 801.